The molecule has 0 aromatic heterocycles. The number of hydrogen-bond donors (Lipinski definition) is 1. The third-order valence-corrected chi connectivity index (χ3v) is 1.67. The predicted octanol–water partition coefficient (Wildman–Crippen LogP) is 2.31. The first-order chi connectivity index (χ1) is 5.37. The molecule has 0 bridgehead atoms. The van der Waals surface area contributed by atoms with Gasteiger partial charge in [0.05, 0.1) is 6.10 Å². The summed E-state index contributed by atoms with van der Waals surface area (Å²) in [5, 5.41) is 2.78. The Bertz CT molecular complexity index is 153. The molecule has 0 spiro atoms. The van der Waals surface area contributed by atoms with Gasteiger partial charge < -0.3 is 10.1 Å². The molecule has 0 fully saturated rings. The minimum absolute atomic E-state index is 0.0577. The first-order valence-electron chi connectivity index (χ1n) is 4.36. The highest BCUT2D eigenvalue weighted by Gasteiger charge is 2.18. The van der Waals surface area contributed by atoms with Gasteiger partial charge >= 0.3 is 6.09 Å². The van der Waals surface area contributed by atoms with E-state index < -0.39 is 0 Å². The van der Waals surface area contributed by atoms with Gasteiger partial charge in [0.15, 0.2) is 0 Å². The zero-order valence-electron chi connectivity index (χ0n) is 8.60. The van der Waals surface area contributed by atoms with Gasteiger partial charge in [-0.3, -0.25) is 0 Å². The summed E-state index contributed by atoms with van der Waals surface area (Å²) in [7, 11) is 0. The molecule has 1 N–H and O–H groups in total. The molecule has 0 saturated carbocycles. The van der Waals surface area contributed by atoms with Crippen LogP contribution in [0.1, 0.15) is 41.0 Å². The fraction of sp³-hybridized carbons (Fsp3) is 0.889. The first kappa shape index (κ1) is 11.3. The predicted molar refractivity (Wildman–Crippen MR) is 49.1 cm³/mol. The number of carbonyl (C=O) groups excluding carboxylic acids is 1. The molecule has 72 valence electrons. The van der Waals surface area contributed by atoms with Crippen molar-refractivity contribution in [1.29, 1.82) is 0 Å². The van der Waals surface area contributed by atoms with Gasteiger partial charge in [0.1, 0.15) is 0 Å². The highest BCUT2D eigenvalue weighted by molar-refractivity contribution is 5.68. The van der Waals surface area contributed by atoms with Gasteiger partial charge in [0.2, 0.25) is 0 Å². The SMILES string of the molecule is CCC(C)(C)NC(=O)OC(C)C. The number of hydrogen-bond acceptors (Lipinski definition) is 2. The molecule has 0 saturated heterocycles. The van der Waals surface area contributed by atoms with Crippen LogP contribution in [0.4, 0.5) is 4.79 Å². The number of ether oxygens (including phenoxy) is 1. The van der Waals surface area contributed by atoms with Crippen LogP contribution in [0.5, 0.6) is 0 Å². The van der Waals surface area contributed by atoms with Gasteiger partial charge in [0.25, 0.3) is 0 Å². The van der Waals surface area contributed by atoms with Crippen LogP contribution >= 0.6 is 0 Å². The number of alkyl carbamates (subject to hydrolysis) is 1. The molecule has 0 aliphatic heterocycles. The lowest BCUT2D eigenvalue weighted by Gasteiger charge is -2.24. The second kappa shape index (κ2) is 4.33. The molecular weight excluding hydrogens is 154 g/mol. The molecule has 0 aromatic carbocycles. The first-order valence-corrected chi connectivity index (χ1v) is 4.36. The van der Waals surface area contributed by atoms with Crippen molar-refractivity contribution in [1.82, 2.24) is 5.32 Å². The lowest BCUT2D eigenvalue weighted by molar-refractivity contribution is 0.106. The van der Waals surface area contributed by atoms with Gasteiger partial charge in [0, 0.05) is 5.54 Å². The van der Waals surface area contributed by atoms with Crippen LogP contribution in [0, 0.1) is 0 Å². The molecule has 3 heteroatoms. The van der Waals surface area contributed by atoms with E-state index in [-0.39, 0.29) is 17.7 Å². The van der Waals surface area contributed by atoms with Crippen LogP contribution in [0.2, 0.25) is 0 Å². The molecule has 0 rings (SSSR count). The molecule has 0 unspecified atom stereocenters. The smallest absolute Gasteiger partial charge is 0.407 e. The summed E-state index contributed by atoms with van der Waals surface area (Å²) in [4.78, 5) is 11.1. The van der Waals surface area contributed by atoms with E-state index in [1.54, 1.807) is 0 Å². The Morgan fingerprint density at radius 1 is 1.50 bits per heavy atom. The second-order valence-corrected chi connectivity index (χ2v) is 3.82. The van der Waals surface area contributed by atoms with Crippen LogP contribution in [0.25, 0.3) is 0 Å². The van der Waals surface area contributed by atoms with Crippen molar-refractivity contribution in [2.24, 2.45) is 0 Å². The van der Waals surface area contributed by atoms with Crippen LogP contribution in [0.15, 0.2) is 0 Å². The largest absolute Gasteiger partial charge is 0.447 e. The fourth-order valence-electron chi connectivity index (χ4n) is 0.608. The maximum absolute atomic E-state index is 11.1. The molecule has 0 radical (unpaired) electrons. The summed E-state index contributed by atoms with van der Waals surface area (Å²) in [5.74, 6) is 0. The van der Waals surface area contributed by atoms with Gasteiger partial charge in [-0.05, 0) is 34.1 Å². The van der Waals surface area contributed by atoms with Crippen LogP contribution in [-0.4, -0.2) is 17.7 Å². The van der Waals surface area contributed by atoms with E-state index in [0.29, 0.717) is 0 Å². The zero-order chi connectivity index (χ0) is 9.78. The third-order valence-electron chi connectivity index (χ3n) is 1.67. The molecule has 3 nitrogen and oxygen atoms in total. The molecule has 0 heterocycles. The Labute approximate surface area is 74.5 Å². The maximum atomic E-state index is 11.1. The number of rotatable bonds is 3. The lowest BCUT2D eigenvalue weighted by atomic mass is 10.0. The summed E-state index contributed by atoms with van der Waals surface area (Å²) in [6, 6.07) is 0. The summed E-state index contributed by atoms with van der Waals surface area (Å²) < 4.78 is 4.94. The monoisotopic (exact) mass is 173 g/mol. The third kappa shape index (κ3) is 4.99. The minimum Gasteiger partial charge on any atom is -0.447 e. The summed E-state index contributed by atoms with van der Waals surface area (Å²) in [5.41, 5.74) is -0.175. The van der Waals surface area contributed by atoms with Crippen molar-refractivity contribution >= 4 is 6.09 Å². The summed E-state index contributed by atoms with van der Waals surface area (Å²) in [6.45, 7) is 9.62. The van der Waals surface area contributed by atoms with Crippen molar-refractivity contribution < 1.29 is 9.53 Å². The average molecular weight is 173 g/mol. The number of carbonyl (C=O) groups is 1. The summed E-state index contributed by atoms with van der Waals surface area (Å²) in [6.07, 6.45) is 0.495. The van der Waals surface area contributed by atoms with Crippen molar-refractivity contribution in [3.63, 3.8) is 0 Å². The normalized spacial score (nSPS) is 11.5. The molecular formula is C9H19NO2. The highest BCUT2D eigenvalue weighted by atomic mass is 16.6. The molecule has 12 heavy (non-hydrogen) atoms. The van der Waals surface area contributed by atoms with E-state index in [4.69, 9.17) is 4.74 Å². The quantitative estimate of drug-likeness (QED) is 0.711. The zero-order valence-corrected chi connectivity index (χ0v) is 8.60. The van der Waals surface area contributed by atoms with E-state index in [0.717, 1.165) is 6.42 Å². The fourth-order valence-corrected chi connectivity index (χ4v) is 0.608. The molecule has 0 aliphatic carbocycles. The van der Waals surface area contributed by atoms with Gasteiger partial charge in [-0.15, -0.1) is 0 Å². The standard InChI is InChI=1S/C9H19NO2/c1-6-9(4,5)10-8(11)12-7(2)3/h7H,6H2,1-5H3,(H,10,11). The Hall–Kier alpha value is -0.730. The highest BCUT2D eigenvalue weighted by Crippen LogP contribution is 2.07. The Balaban J connectivity index is 3.84. The van der Waals surface area contributed by atoms with Crippen LogP contribution in [-0.2, 0) is 4.74 Å². The van der Waals surface area contributed by atoms with E-state index >= 15 is 0 Å². The minimum atomic E-state index is -0.336. The summed E-state index contributed by atoms with van der Waals surface area (Å²) >= 11 is 0. The van der Waals surface area contributed by atoms with Crippen molar-refractivity contribution in [3.8, 4) is 0 Å². The molecule has 0 atom stereocenters. The number of nitrogens with one attached hydrogen (secondary N) is 1. The van der Waals surface area contributed by atoms with Gasteiger partial charge in [-0.2, -0.15) is 0 Å². The maximum Gasteiger partial charge on any atom is 0.407 e. The molecule has 0 aliphatic rings. The average Bonchev–Trinajstić information content (AvgIpc) is 1.84. The second-order valence-electron chi connectivity index (χ2n) is 3.82. The van der Waals surface area contributed by atoms with Gasteiger partial charge in [-0.1, -0.05) is 6.92 Å². The van der Waals surface area contributed by atoms with Crippen LogP contribution < -0.4 is 5.32 Å². The topological polar surface area (TPSA) is 38.3 Å². The Kier molecular flexibility index (Phi) is 4.07. The van der Waals surface area contributed by atoms with E-state index in [9.17, 15) is 4.79 Å². The Morgan fingerprint density at radius 2 is 2.00 bits per heavy atom. The van der Waals surface area contributed by atoms with E-state index in [2.05, 4.69) is 5.32 Å². The van der Waals surface area contributed by atoms with Gasteiger partial charge in [-0.25, -0.2) is 4.79 Å². The van der Waals surface area contributed by atoms with E-state index in [1.807, 2.05) is 34.6 Å². The van der Waals surface area contributed by atoms with Crippen molar-refractivity contribution in [2.45, 2.75) is 52.7 Å². The molecule has 0 aromatic rings. The molecule has 1 amide bonds. The Morgan fingerprint density at radius 3 is 2.33 bits per heavy atom. The van der Waals surface area contributed by atoms with Crippen molar-refractivity contribution in [2.75, 3.05) is 0 Å². The van der Waals surface area contributed by atoms with E-state index in [1.165, 1.54) is 0 Å². The van der Waals surface area contributed by atoms with Crippen LogP contribution in [0.3, 0.4) is 0 Å². The number of amides is 1. The lowest BCUT2D eigenvalue weighted by Crippen LogP contribution is -2.43. The van der Waals surface area contributed by atoms with Crippen molar-refractivity contribution in [3.05, 3.63) is 0 Å².